The van der Waals surface area contributed by atoms with Crippen molar-refractivity contribution in [2.75, 3.05) is 0 Å². The summed E-state index contributed by atoms with van der Waals surface area (Å²) in [5.74, 6) is 0.482. The molecule has 1 unspecified atom stereocenters. The van der Waals surface area contributed by atoms with Crippen LogP contribution in [0.4, 0.5) is 0 Å². The predicted molar refractivity (Wildman–Crippen MR) is 103 cm³/mol. The fraction of sp³-hybridized carbons (Fsp3) is 0.273. The van der Waals surface area contributed by atoms with Crippen molar-refractivity contribution in [3.05, 3.63) is 83.8 Å². The molecule has 0 aliphatic heterocycles. The first-order valence-corrected chi connectivity index (χ1v) is 8.95. The maximum Gasteiger partial charge on any atom is 0.0888 e. The van der Waals surface area contributed by atoms with Crippen LogP contribution in [0.2, 0.25) is 0 Å². The second-order valence-electron chi connectivity index (χ2n) is 6.40. The van der Waals surface area contributed by atoms with E-state index >= 15 is 0 Å². The lowest BCUT2D eigenvalue weighted by Gasteiger charge is -2.16. The Morgan fingerprint density at radius 3 is 2.40 bits per heavy atom. The molecule has 0 saturated carbocycles. The van der Waals surface area contributed by atoms with E-state index in [-0.39, 0.29) is 0 Å². The molecule has 25 heavy (non-hydrogen) atoms. The van der Waals surface area contributed by atoms with E-state index in [2.05, 4.69) is 54.4 Å². The average Bonchev–Trinajstić information content (AvgIpc) is 2.69. The minimum Gasteiger partial charge on any atom is -0.326 e. The Morgan fingerprint density at radius 2 is 1.72 bits per heavy atom. The molecule has 0 fully saturated rings. The van der Waals surface area contributed by atoms with Gasteiger partial charge in [-0.15, -0.1) is 0 Å². The largest absolute Gasteiger partial charge is 0.326 e. The summed E-state index contributed by atoms with van der Waals surface area (Å²) in [6, 6.07) is 18.9. The van der Waals surface area contributed by atoms with Crippen LogP contribution < -0.4 is 5.73 Å². The van der Waals surface area contributed by atoms with Gasteiger partial charge in [-0.3, -0.25) is 4.98 Å². The normalized spacial score (nSPS) is 12.1. The smallest absolute Gasteiger partial charge is 0.0888 e. The summed E-state index contributed by atoms with van der Waals surface area (Å²) in [6.07, 6.45) is 6.95. The van der Waals surface area contributed by atoms with Crippen molar-refractivity contribution >= 4 is 0 Å². The second-order valence-corrected chi connectivity index (χ2v) is 6.40. The number of nitrogens with two attached hydrogens (primary N) is 1. The molecular formula is C22H25N3. The van der Waals surface area contributed by atoms with Crippen molar-refractivity contribution < 1.29 is 0 Å². The van der Waals surface area contributed by atoms with Gasteiger partial charge < -0.3 is 5.73 Å². The minimum absolute atomic E-state index is 0.482. The van der Waals surface area contributed by atoms with Gasteiger partial charge >= 0.3 is 0 Å². The van der Waals surface area contributed by atoms with Gasteiger partial charge in [-0.1, -0.05) is 67.9 Å². The summed E-state index contributed by atoms with van der Waals surface area (Å²) in [4.78, 5) is 9.28. The fourth-order valence-corrected chi connectivity index (χ4v) is 3.17. The second kappa shape index (κ2) is 8.54. The molecule has 3 nitrogen and oxygen atoms in total. The zero-order chi connectivity index (χ0) is 17.5. The average molecular weight is 331 g/mol. The van der Waals surface area contributed by atoms with E-state index in [0.29, 0.717) is 12.5 Å². The third-order valence-electron chi connectivity index (χ3n) is 4.53. The van der Waals surface area contributed by atoms with Gasteiger partial charge in [0.05, 0.1) is 17.6 Å². The molecule has 3 aromatic rings. The third-order valence-corrected chi connectivity index (χ3v) is 4.53. The van der Waals surface area contributed by atoms with Crippen LogP contribution in [0.15, 0.2) is 67.0 Å². The van der Waals surface area contributed by atoms with E-state index in [0.717, 1.165) is 41.8 Å². The van der Waals surface area contributed by atoms with Gasteiger partial charge in [0.1, 0.15) is 0 Å². The highest BCUT2D eigenvalue weighted by atomic mass is 14.8. The first-order valence-electron chi connectivity index (χ1n) is 8.95. The molecule has 0 saturated heterocycles. The van der Waals surface area contributed by atoms with Crippen molar-refractivity contribution in [2.24, 2.45) is 5.73 Å². The SMILES string of the molecule is CCCC(Cc1cncc(-c2ccc(CN)cc2)n1)c1ccccc1. The summed E-state index contributed by atoms with van der Waals surface area (Å²) in [7, 11) is 0. The lowest BCUT2D eigenvalue weighted by molar-refractivity contribution is 0.602. The molecule has 0 spiro atoms. The van der Waals surface area contributed by atoms with E-state index in [1.165, 1.54) is 5.56 Å². The minimum atomic E-state index is 0.482. The van der Waals surface area contributed by atoms with Crippen LogP contribution in [0.1, 0.15) is 42.5 Å². The van der Waals surface area contributed by atoms with Gasteiger partial charge in [-0.2, -0.15) is 0 Å². The first-order chi connectivity index (χ1) is 12.3. The van der Waals surface area contributed by atoms with Crippen LogP contribution in [-0.2, 0) is 13.0 Å². The molecule has 0 amide bonds. The molecule has 0 aliphatic rings. The van der Waals surface area contributed by atoms with Gasteiger partial charge in [-0.05, 0) is 29.9 Å². The van der Waals surface area contributed by atoms with Crippen LogP contribution in [-0.4, -0.2) is 9.97 Å². The maximum atomic E-state index is 5.67. The summed E-state index contributed by atoms with van der Waals surface area (Å²) in [5, 5.41) is 0. The first kappa shape index (κ1) is 17.3. The summed E-state index contributed by atoms with van der Waals surface area (Å²) < 4.78 is 0. The maximum absolute atomic E-state index is 5.67. The summed E-state index contributed by atoms with van der Waals surface area (Å²) in [5.41, 5.74) is 11.2. The Labute approximate surface area is 150 Å². The lowest BCUT2D eigenvalue weighted by Crippen LogP contribution is -2.05. The zero-order valence-electron chi connectivity index (χ0n) is 14.7. The molecular weight excluding hydrogens is 306 g/mol. The Morgan fingerprint density at radius 1 is 0.960 bits per heavy atom. The van der Waals surface area contributed by atoms with Crippen molar-refractivity contribution in [2.45, 2.75) is 38.6 Å². The van der Waals surface area contributed by atoms with Crippen molar-refractivity contribution in [1.82, 2.24) is 9.97 Å². The van der Waals surface area contributed by atoms with Crippen LogP contribution in [0, 0.1) is 0 Å². The molecule has 2 aromatic carbocycles. The molecule has 0 bridgehead atoms. The Kier molecular flexibility index (Phi) is 5.91. The van der Waals surface area contributed by atoms with E-state index in [1.807, 2.05) is 24.5 Å². The summed E-state index contributed by atoms with van der Waals surface area (Å²) in [6.45, 7) is 2.79. The predicted octanol–water partition coefficient (Wildman–Crippen LogP) is 4.73. The molecule has 128 valence electrons. The number of hydrogen-bond donors (Lipinski definition) is 1. The molecule has 3 rings (SSSR count). The van der Waals surface area contributed by atoms with Crippen LogP contribution in [0.5, 0.6) is 0 Å². The number of nitrogens with zero attached hydrogens (tertiary/aromatic N) is 2. The molecule has 0 aliphatic carbocycles. The highest BCUT2D eigenvalue weighted by molar-refractivity contribution is 5.58. The molecule has 1 atom stereocenters. The number of rotatable bonds is 7. The van der Waals surface area contributed by atoms with Gasteiger partial charge in [0.15, 0.2) is 0 Å². The standard InChI is InChI=1S/C22H25N3/c1-2-6-20(18-7-4-3-5-8-18)13-21-15-24-16-22(25-21)19-11-9-17(14-23)10-12-19/h3-5,7-12,15-16,20H,2,6,13-14,23H2,1H3. The molecule has 3 heteroatoms. The number of hydrogen-bond acceptors (Lipinski definition) is 3. The highest BCUT2D eigenvalue weighted by Crippen LogP contribution is 2.26. The van der Waals surface area contributed by atoms with Gasteiger partial charge in [0.25, 0.3) is 0 Å². The Bertz CT molecular complexity index is 782. The Hall–Kier alpha value is -2.52. The van der Waals surface area contributed by atoms with Gasteiger partial charge in [0, 0.05) is 18.3 Å². The number of aromatic nitrogens is 2. The monoisotopic (exact) mass is 331 g/mol. The van der Waals surface area contributed by atoms with E-state index in [1.54, 1.807) is 0 Å². The van der Waals surface area contributed by atoms with E-state index in [9.17, 15) is 0 Å². The molecule has 1 aromatic heterocycles. The quantitative estimate of drug-likeness (QED) is 0.681. The highest BCUT2D eigenvalue weighted by Gasteiger charge is 2.13. The summed E-state index contributed by atoms with van der Waals surface area (Å²) >= 11 is 0. The molecule has 2 N–H and O–H groups in total. The van der Waals surface area contributed by atoms with E-state index < -0.39 is 0 Å². The number of benzene rings is 2. The van der Waals surface area contributed by atoms with Crippen LogP contribution in [0.25, 0.3) is 11.3 Å². The van der Waals surface area contributed by atoms with Crippen LogP contribution in [0.3, 0.4) is 0 Å². The van der Waals surface area contributed by atoms with Gasteiger partial charge in [-0.25, -0.2) is 4.98 Å². The fourth-order valence-electron chi connectivity index (χ4n) is 3.17. The van der Waals surface area contributed by atoms with Crippen molar-refractivity contribution in [1.29, 1.82) is 0 Å². The van der Waals surface area contributed by atoms with Crippen molar-refractivity contribution in [3.63, 3.8) is 0 Å². The van der Waals surface area contributed by atoms with Gasteiger partial charge in [0.2, 0.25) is 0 Å². The molecule has 0 radical (unpaired) electrons. The Balaban J connectivity index is 1.82. The topological polar surface area (TPSA) is 51.8 Å². The van der Waals surface area contributed by atoms with E-state index in [4.69, 9.17) is 10.7 Å². The zero-order valence-corrected chi connectivity index (χ0v) is 14.7. The third kappa shape index (κ3) is 4.52. The van der Waals surface area contributed by atoms with Crippen molar-refractivity contribution in [3.8, 4) is 11.3 Å². The van der Waals surface area contributed by atoms with Crippen LogP contribution >= 0.6 is 0 Å². The lowest BCUT2D eigenvalue weighted by atomic mass is 9.90. The molecule has 1 heterocycles.